The number of esters is 1. The molecular weight excluding hydrogens is 351 g/mol. The fourth-order valence-electron chi connectivity index (χ4n) is 3.21. The Balaban J connectivity index is 2.13. The van der Waals surface area contributed by atoms with Gasteiger partial charge in [-0.25, -0.2) is 9.78 Å². The van der Waals surface area contributed by atoms with E-state index in [0.717, 1.165) is 43.1 Å². The number of hydrogen-bond acceptors (Lipinski definition) is 4. The Hall–Kier alpha value is -1.89. The van der Waals surface area contributed by atoms with E-state index in [1.54, 1.807) is 13.0 Å². The molecule has 7 heteroatoms. The van der Waals surface area contributed by atoms with Crippen LogP contribution >= 0.6 is 11.3 Å². The summed E-state index contributed by atoms with van der Waals surface area (Å²) in [4.78, 5) is 16.9. The van der Waals surface area contributed by atoms with Crippen molar-refractivity contribution in [3.8, 4) is 10.4 Å². The van der Waals surface area contributed by atoms with Crippen molar-refractivity contribution in [3.05, 3.63) is 40.5 Å². The molecule has 0 amide bonds. The quantitative estimate of drug-likeness (QED) is 0.653. The Morgan fingerprint density at radius 1 is 1.28 bits per heavy atom. The lowest BCUT2D eigenvalue weighted by Gasteiger charge is -2.14. The highest BCUT2D eigenvalue weighted by molar-refractivity contribution is 7.17. The van der Waals surface area contributed by atoms with Crippen LogP contribution in [0.4, 0.5) is 13.2 Å². The molecule has 0 atom stereocenters. The number of carbonyl (C=O) groups is 1. The highest BCUT2D eigenvalue weighted by Gasteiger charge is 2.36. The summed E-state index contributed by atoms with van der Waals surface area (Å²) >= 11 is 0.992. The van der Waals surface area contributed by atoms with Gasteiger partial charge >= 0.3 is 12.1 Å². The summed E-state index contributed by atoms with van der Waals surface area (Å²) in [6, 6.07) is 5.46. The van der Waals surface area contributed by atoms with E-state index in [-0.39, 0.29) is 23.1 Å². The molecule has 0 saturated heterocycles. The standard InChI is InChI=1S/C18H18F3NO2S/c1-2-24-17(23)16-22-14(11-7-3-4-8-11)15(25-16)12-9-5-6-10-13(12)18(19,20)21/h5-6,9-11H,2-4,7-8H2,1H3. The maximum Gasteiger partial charge on any atom is 0.417 e. The van der Waals surface area contributed by atoms with E-state index in [1.807, 2.05) is 0 Å². The lowest BCUT2D eigenvalue weighted by molar-refractivity contribution is -0.137. The van der Waals surface area contributed by atoms with Crippen LogP contribution in [0.2, 0.25) is 0 Å². The monoisotopic (exact) mass is 369 g/mol. The van der Waals surface area contributed by atoms with Crippen LogP contribution in [0.3, 0.4) is 0 Å². The molecule has 3 rings (SSSR count). The predicted molar refractivity (Wildman–Crippen MR) is 89.7 cm³/mol. The lowest BCUT2D eigenvalue weighted by atomic mass is 9.97. The largest absolute Gasteiger partial charge is 0.461 e. The van der Waals surface area contributed by atoms with Crippen LogP contribution in [-0.2, 0) is 10.9 Å². The van der Waals surface area contributed by atoms with Crippen LogP contribution < -0.4 is 0 Å². The number of rotatable bonds is 4. The molecule has 0 N–H and O–H groups in total. The number of carbonyl (C=O) groups excluding carboxylic acids is 1. The van der Waals surface area contributed by atoms with Gasteiger partial charge in [-0.05, 0) is 25.8 Å². The molecule has 2 aromatic rings. The summed E-state index contributed by atoms with van der Waals surface area (Å²) in [5.41, 5.74) is -0.0134. The van der Waals surface area contributed by atoms with E-state index in [4.69, 9.17) is 4.74 Å². The van der Waals surface area contributed by atoms with Crippen molar-refractivity contribution < 1.29 is 22.7 Å². The van der Waals surface area contributed by atoms with Crippen LogP contribution in [-0.4, -0.2) is 17.6 Å². The van der Waals surface area contributed by atoms with E-state index in [9.17, 15) is 18.0 Å². The number of benzene rings is 1. The zero-order chi connectivity index (χ0) is 18.0. The molecule has 0 bridgehead atoms. The second-order valence-electron chi connectivity index (χ2n) is 5.98. The maximum atomic E-state index is 13.4. The normalized spacial score (nSPS) is 15.5. The summed E-state index contributed by atoms with van der Waals surface area (Å²) in [5.74, 6) is -0.488. The average molecular weight is 369 g/mol. The zero-order valence-electron chi connectivity index (χ0n) is 13.7. The highest BCUT2D eigenvalue weighted by Crippen LogP contribution is 2.45. The Morgan fingerprint density at radius 3 is 2.60 bits per heavy atom. The molecule has 1 saturated carbocycles. The first-order valence-corrected chi connectivity index (χ1v) is 9.08. The molecule has 1 aliphatic rings. The molecule has 1 heterocycles. The van der Waals surface area contributed by atoms with Crippen LogP contribution in [0.5, 0.6) is 0 Å². The minimum atomic E-state index is -4.46. The second kappa shape index (κ2) is 7.15. The van der Waals surface area contributed by atoms with Crippen LogP contribution in [0.25, 0.3) is 10.4 Å². The van der Waals surface area contributed by atoms with E-state index < -0.39 is 17.7 Å². The van der Waals surface area contributed by atoms with Crippen molar-refractivity contribution in [3.63, 3.8) is 0 Å². The van der Waals surface area contributed by atoms with Crippen molar-refractivity contribution in [2.75, 3.05) is 6.61 Å². The number of hydrogen-bond donors (Lipinski definition) is 0. The Labute approximate surface area is 147 Å². The zero-order valence-corrected chi connectivity index (χ0v) is 14.5. The van der Waals surface area contributed by atoms with Crippen molar-refractivity contribution >= 4 is 17.3 Å². The summed E-state index contributed by atoms with van der Waals surface area (Å²) in [6.45, 7) is 1.88. The number of alkyl halides is 3. The van der Waals surface area contributed by atoms with E-state index >= 15 is 0 Å². The summed E-state index contributed by atoms with van der Waals surface area (Å²) in [6.07, 6.45) is -0.646. The number of thiazole rings is 1. The summed E-state index contributed by atoms with van der Waals surface area (Å²) in [7, 11) is 0. The number of nitrogens with zero attached hydrogens (tertiary/aromatic N) is 1. The first-order chi connectivity index (χ1) is 11.9. The third-order valence-corrected chi connectivity index (χ3v) is 5.41. The fraction of sp³-hybridized carbons (Fsp3) is 0.444. The molecule has 1 aromatic carbocycles. The third-order valence-electron chi connectivity index (χ3n) is 4.32. The van der Waals surface area contributed by atoms with E-state index in [2.05, 4.69) is 4.98 Å². The SMILES string of the molecule is CCOC(=O)c1nc(C2CCCC2)c(-c2ccccc2C(F)(F)F)s1. The molecule has 0 radical (unpaired) electrons. The van der Waals surface area contributed by atoms with Crippen LogP contribution in [0, 0.1) is 0 Å². The average Bonchev–Trinajstić information content (AvgIpc) is 3.23. The van der Waals surface area contributed by atoms with Gasteiger partial charge in [-0.2, -0.15) is 13.2 Å². The van der Waals surface area contributed by atoms with Crippen LogP contribution in [0.15, 0.2) is 24.3 Å². The smallest absolute Gasteiger partial charge is 0.417 e. The van der Waals surface area contributed by atoms with Gasteiger partial charge in [-0.3, -0.25) is 0 Å². The third kappa shape index (κ3) is 3.71. The van der Waals surface area contributed by atoms with E-state index in [0.29, 0.717) is 10.6 Å². The van der Waals surface area contributed by atoms with Gasteiger partial charge in [0.05, 0.1) is 22.7 Å². The maximum absolute atomic E-state index is 13.4. The molecule has 25 heavy (non-hydrogen) atoms. The van der Waals surface area contributed by atoms with Gasteiger partial charge in [-0.1, -0.05) is 31.0 Å². The molecule has 0 unspecified atom stereocenters. The van der Waals surface area contributed by atoms with Crippen molar-refractivity contribution in [1.82, 2.24) is 4.98 Å². The van der Waals surface area contributed by atoms with Crippen molar-refractivity contribution in [2.45, 2.75) is 44.7 Å². The minimum Gasteiger partial charge on any atom is -0.461 e. The van der Waals surface area contributed by atoms with Crippen molar-refractivity contribution in [2.24, 2.45) is 0 Å². The second-order valence-corrected chi connectivity index (χ2v) is 6.98. The van der Waals surface area contributed by atoms with Gasteiger partial charge in [-0.15, -0.1) is 11.3 Å². The topological polar surface area (TPSA) is 39.2 Å². The predicted octanol–water partition coefficient (Wildman–Crippen LogP) is 5.66. The van der Waals surface area contributed by atoms with Gasteiger partial charge in [0.15, 0.2) is 0 Å². The summed E-state index contributed by atoms with van der Waals surface area (Å²) < 4.78 is 45.2. The molecule has 134 valence electrons. The number of halogens is 3. The number of aromatic nitrogens is 1. The molecule has 3 nitrogen and oxygen atoms in total. The molecule has 1 aromatic heterocycles. The molecule has 1 fully saturated rings. The van der Waals surface area contributed by atoms with Gasteiger partial charge in [0.25, 0.3) is 0 Å². The number of ether oxygens (including phenoxy) is 1. The van der Waals surface area contributed by atoms with Gasteiger partial charge in [0, 0.05) is 11.5 Å². The highest BCUT2D eigenvalue weighted by atomic mass is 32.1. The molecule has 0 aliphatic heterocycles. The van der Waals surface area contributed by atoms with Crippen LogP contribution in [0.1, 0.15) is 59.6 Å². The molecular formula is C18H18F3NO2S. The molecule has 1 aliphatic carbocycles. The first kappa shape index (κ1) is 17.9. The Morgan fingerprint density at radius 2 is 1.96 bits per heavy atom. The fourth-order valence-corrected chi connectivity index (χ4v) is 4.29. The van der Waals surface area contributed by atoms with Gasteiger partial charge in [0.2, 0.25) is 5.01 Å². The Kier molecular flexibility index (Phi) is 5.13. The first-order valence-electron chi connectivity index (χ1n) is 8.26. The van der Waals surface area contributed by atoms with Crippen molar-refractivity contribution in [1.29, 1.82) is 0 Å². The van der Waals surface area contributed by atoms with Gasteiger partial charge < -0.3 is 4.74 Å². The molecule has 0 spiro atoms. The lowest BCUT2D eigenvalue weighted by Crippen LogP contribution is -2.07. The van der Waals surface area contributed by atoms with E-state index in [1.165, 1.54) is 12.1 Å². The van der Waals surface area contributed by atoms with Gasteiger partial charge in [0.1, 0.15) is 0 Å². The minimum absolute atomic E-state index is 0.0879. The Bertz CT molecular complexity index is 764. The summed E-state index contributed by atoms with van der Waals surface area (Å²) in [5, 5.41) is 0.121.